The van der Waals surface area contributed by atoms with Crippen LogP contribution < -0.4 is 11.1 Å². The van der Waals surface area contributed by atoms with Crippen LogP contribution >= 0.6 is 0 Å². The van der Waals surface area contributed by atoms with Gasteiger partial charge in [-0.25, -0.2) is 9.36 Å². The Labute approximate surface area is 257 Å². The van der Waals surface area contributed by atoms with E-state index in [1.807, 2.05) is 37.3 Å². The SMILES string of the molecule is CC1(C)[C@@H]2CC[C@@]1(C)c1[nH]n(CC(F)(F)F)c(=O)c12.CC1(C)[C@@H]2CC[C@@]1(C)c1c2c(=O)n(CC(F)(F)F)n1Cc1ccccc1. The zero-order chi connectivity index (χ0) is 33.1. The zero-order valence-electron chi connectivity index (χ0n) is 26.4. The molecule has 0 amide bonds. The van der Waals surface area contributed by atoms with E-state index in [4.69, 9.17) is 0 Å². The van der Waals surface area contributed by atoms with Crippen molar-refractivity contribution in [2.75, 3.05) is 0 Å². The fourth-order valence-electron chi connectivity index (χ4n) is 9.17. The summed E-state index contributed by atoms with van der Waals surface area (Å²) in [5.41, 5.74) is 2.00. The van der Waals surface area contributed by atoms with Gasteiger partial charge in [0.25, 0.3) is 11.1 Å². The number of hydrogen-bond acceptors (Lipinski definition) is 2. The van der Waals surface area contributed by atoms with Crippen LogP contribution in [0.3, 0.4) is 0 Å². The number of alkyl halides is 6. The van der Waals surface area contributed by atoms with Crippen molar-refractivity contribution in [3.63, 3.8) is 0 Å². The Balaban J connectivity index is 0.000000167. The van der Waals surface area contributed by atoms with Crippen molar-refractivity contribution in [1.82, 2.24) is 19.1 Å². The van der Waals surface area contributed by atoms with E-state index in [1.165, 1.54) is 0 Å². The summed E-state index contributed by atoms with van der Waals surface area (Å²) in [7, 11) is 0. The first kappa shape index (κ1) is 31.8. The van der Waals surface area contributed by atoms with Crippen LogP contribution in [0.25, 0.3) is 0 Å². The molecule has 1 N–H and O–H groups in total. The van der Waals surface area contributed by atoms with Gasteiger partial charge in [-0.05, 0) is 53.9 Å². The Bertz CT molecular complexity index is 1760. The summed E-state index contributed by atoms with van der Waals surface area (Å²) in [6, 6.07) is 9.37. The van der Waals surface area contributed by atoms with Crippen molar-refractivity contribution in [2.45, 2.75) is 122 Å². The van der Waals surface area contributed by atoms with Crippen molar-refractivity contribution < 1.29 is 26.3 Å². The van der Waals surface area contributed by atoms with Gasteiger partial charge in [0.2, 0.25) is 0 Å². The summed E-state index contributed by atoms with van der Waals surface area (Å²) >= 11 is 0. The number of aromatic amines is 1. The van der Waals surface area contributed by atoms with Gasteiger partial charge in [-0.15, -0.1) is 0 Å². The quantitative estimate of drug-likeness (QED) is 0.304. The average molecular weight is 639 g/mol. The molecular formula is C33H40F6N4O2. The van der Waals surface area contributed by atoms with Crippen LogP contribution in [0, 0.1) is 10.8 Å². The molecule has 1 aromatic carbocycles. The summed E-state index contributed by atoms with van der Waals surface area (Å²) in [6.07, 6.45) is -5.23. The van der Waals surface area contributed by atoms with E-state index in [1.54, 1.807) is 4.68 Å². The third-order valence-electron chi connectivity index (χ3n) is 12.3. The van der Waals surface area contributed by atoms with Crippen molar-refractivity contribution in [3.8, 4) is 0 Å². The maximum atomic E-state index is 13.2. The molecular weight excluding hydrogens is 598 g/mol. The lowest BCUT2D eigenvalue weighted by Crippen LogP contribution is -2.38. The summed E-state index contributed by atoms with van der Waals surface area (Å²) in [4.78, 5) is 25.2. The maximum Gasteiger partial charge on any atom is 0.408 e. The number of halogens is 6. The molecule has 2 saturated carbocycles. The minimum atomic E-state index is -4.43. The predicted octanol–water partition coefficient (Wildman–Crippen LogP) is 7.35. The van der Waals surface area contributed by atoms with E-state index in [-0.39, 0.29) is 40.0 Å². The number of aromatic nitrogens is 4. The molecule has 3 aromatic rings. The molecule has 2 fully saturated rings. The Morgan fingerprint density at radius 3 is 1.82 bits per heavy atom. The molecule has 4 aliphatic rings. The fraction of sp³-hybridized carbons (Fsp3) is 0.636. The van der Waals surface area contributed by atoms with E-state index in [0.717, 1.165) is 52.0 Å². The van der Waals surface area contributed by atoms with E-state index in [9.17, 15) is 35.9 Å². The predicted molar refractivity (Wildman–Crippen MR) is 158 cm³/mol. The van der Waals surface area contributed by atoms with Gasteiger partial charge in [-0.1, -0.05) is 71.9 Å². The second-order valence-electron chi connectivity index (χ2n) is 15.0. The topological polar surface area (TPSA) is 64.7 Å². The maximum absolute atomic E-state index is 13.2. The minimum Gasteiger partial charge on any atom is -0.299 e. The van der Waals surface area contributed by atoms with Crippen molar-refractivity contribution in [1.29, 1.82) is 0 Å². The molecule has 2 aromatic heterocycles. The smallest absolute Gasteiger partial charge is 0.299 e. The number of benzene rings is 1. The highest BCUT2D eigenvalue weighted by atomic mass is 19.4. The molecule has 2 heterocycles. The Morgan fingerprint density at radius 1 is 0.733 bits per heavy atom. The lowest BCUT2D eigenvalue weighted by atomic mass is 9.70. The molecule has 12 heteroatoms. The lowest BCUT2D eigenvalue weighted by molar-refractivity contribution is -0.145. The third kappa shape index (κ3) is 4.51. The largest absolute Gasteiger partial charge is 0.408 e. The molecule has 4 aliphatic carbocycles. The summed E-state index contributed by atoms with van der Waals surface area (Å²) in [5.74, 6) is 0.109. The normalized spacial score (nSPS) is 28.6. The van der Waals surface area contributed by atoms with Crippen LogP contribution in [0.4, 0.5) is 26.3 Å². The molecule has 0 aliphatic heterocycles. The Kier molecular flexibility index (Phi) is 6.83. The van der Waals surface area contributed by atoms with E-state index in [2.05, 4.69) is 39.7 Å². The van der Waals surface area contributed by atoms with E-state index in [0.29, 0.717) is 11.1 Å². The first-order valence-electron chi connectivity index (χ1n) is 15.5. The zero-order valence-corrected chi connectivity index (χ0v) is 26.4. The molecule has 0 radical (unpaired) electrons. The van der Waals surface area contributed by atoms with E-state index < -0.39 is 36.6 Å². The molecule has 0 spiro atoms. The number of nitrogens with one attached hydrogen (secondary N) is 1. The summed E-state index contributed by atoms with van der Waals surface area (Å²) in [6.45, 7) is 10.5. The number of nitrogens with zero attached hydrogens (tertiary/aromatic N) is 3. The lowest BCUT2D eigenvalue weighted by Gasteiger charge is -2.36. The molecule has 0 unspecified atom stereocenters. The van der Waals surface area contributed by atoms with Gasteiger partial charge in [0, 0.05) is 27.7 Å². The summed E-state index contributed by atoms with van der Waals surface area (Å²) < 4.78 is 80.2. The van der Waals surface area contributed by atoms with E-state index >= 15 is 0 Å². The second kappa shape index (κ2) is 9.67. The second-order valence-corrected chi connectivity index (χ2v) is 15.0. The Hall–Kier alpha value is -3.18. The molecule has 246 valence electrons. The van der Waals surface area contributed by atoms with Gasteiger partial charge in [0.1, 0.15) is 13.1 Å². The van der Waals surface area contributed by atoms with Crippen LogP contribution in [0.1, 0.15) is 107 Å². The first-order valence-corrected chi connectivity index (χ1v) is 15.5. The molecule has 0 saturated heterocycles. The standard InChI is InChI=1S/C20H23F3N2O.C13H17F3N2O/c1-18(2)14-9-10-19(18,3)16-15(14)17(26)25(12-20(21,22)23)24(16)11-13-7-5-4-6-8-13;1-11(2)7-4-5-12(11,3)9-8(7)10(19)18(17-9)6-13(14,15)16/h4-8,14H,9-12H2,1-3H3;7,17H,4-6H2,1-3H3/t14-,19+;7-,12+/m11/s1. The van der Waals surface area contributed by atoms with Crippen molar-refractivity contribution >= 4 is 0 Å². The molecule has 4 bridgehead atoms. The molecule has 7 rings (SSSR count). The molecule has 4 atom stereocenters. The third-order valence-corrected chi connectivity index (χ3v) is 12.3. The van der Waals surface area contributed by atoms with Crippen LogP contribution in [-0.4, -0.2) is 31.5 Å². The summed E-state index contributed by atoms with van der Waals surface area (Å²) in [5, 5.41) is 2.73. The number of rotatable bonds is 4. The van der Waals surface area contributed by atoms with Crippen molar-refractivity contribution in [3.05, 3.63) is 79.1 Å². The first-order chi connectivity index (χ1) is 20.6. The van der Waals surface area contributed by atoms with Gasteiger partial charge in [0.15, 0.2) is 0 Å². The van der Waals surface area contributed by atoms with Gasteiger partial charge in [0.05, 0.1) is 12.2 Å². The highest BCUT2D eigenvalue weighted by Crippen LogP contribution is 2.67. The van der Waals surface area contributed by atoms with Gasteiger partial charge < -0.3 is 0 Å². The van der Waals surface area contributed by atoms with Gasteiger partial charge in [-0.2, -0.15) is 26.3 Å². The number of H-pyrrole nitrogens is 1. The van der Waals surface area contributed by atoms with Gasteiger partial charge in [-0.3, -0.25) is 19.4 Å². The molecule has 6 nitrogen and oxygen atoms in total. The van der Waals surface area contributed by atoms with Crippen LogP contribution in [0.15, 0.2) is 39.9 Å². The van der Waals surface area contributed by atoms with Crippen LogP contribution in [-0.2, 0) is 30.5 Å². The number of fused-ring (bicyclic) bond motifs is 10. The van der Waals surface area contributed by atoms with Gasteiger partial charge >= 0.3 is 12.4 Å². The molecule has 45 heavy (non-hydrogen) atoms. The number of hydrogen-bond donors (Lipinski definition) is 1. The monoisotopic (exact) mass is 638 g/mol. The van der Waals surface area contributed by atoms with Crippen LogP contribution in [0.2, 0.25) is 0 Å². The highest BCUT2D eigenvalue weighted by molar-refractivity contribution is 5.46. The average Bonchev–Trinajstić information content (AvgIpc) is 3.61. The highest BCUT2D eigenvalue weighted by Gasteiger charge is 2.63. The minimum absolute atomic E-state index is 0.0338. The van der Waals surface area contributed by atoms with Crippen molar-refractivity contribution in [2.24, 2.45) is 10.8 Å². The Morgan fingerprint density at radius 2 is 1.27 bits per heavy atom. The van der Waals surface area contributed by atoms with Crippen LogP contribution in [0.5, 0.6) is 0 Å². The fourth-order valence-corrected chi connectivity index (χ4v) is 9.17.